The number of para-hydroxylation sites is 1. The highest BCUT2D eigenvalue weighted by Crippen LogP contribution is 2.11. The van der Waals surface area contributed by atoms with Gasteiger partial charge in [0, 0.05) is 24.6 Å². The van der Waals surface area contributed by atoms with Gasteiger partial charge >= 0.3 is 5.97 Å². The summed E-state index contributed by atoms with van der Waals surface area (Å²) in [5.41, 5.74) is 1.12. The number of rotatable bonds is 6. The normalized spacial score (nSPS) is 11.5. The molecule has 1 atom stereocenters. The number of benzene rings is 1. The SMILES string of the molecule is C[C@@H](CNC(=O)c1cnc(Nc2ccccc2)nc1)C(=O)O. The molecule has 1 aromatic carbocycles. The minimum absolute atomic E-state index is 0.0538. The van der Waals surface area contributed by atoms with E-state index in [-0.39, 0.29) is 12.1 Å². The zero-order chi connectivity index (χ0) is 15.9. The molecule has 2 aromatic rings. The van der Waals surface area contributed by atoms with Crippen molar-refractivity contribution in [3.8, 4) is 0 Å². The second kappa shape index (κ2) is 7.16. The Morgan fingerprint density at radius 2 is 1.82 bits per heavy atom. The molecule has 0 aliphatic heterocycles. The van der Waals surface area contributed by atoms with Gasteiger partial charge in [0.1, 0.15) is 0 Å². The maximum atomic E-state index is 11.8. The van der Waals surface area contributed by atoms with Crippen LogP contribution in [0.15, 0.2) is 42.7 Å². The highest BCUT2D eigenvalue weighted by Gasteiger charge is 2.13. The van der Waals surface area contributed by atoms with Gasteiger partial charge in [-0.25, -0.2) is 9.97 Å². The largest absolute Gasteiger partial charge is 0.481 e. The van der Waals surface area contributed by atoms with E-state index in [1.54, 1.807) is 0 Å². The predicted octanol–water partition coefficient (Wildman–Crippen LogP) is 1.67. The third-order valence-electron chi connectivity index (χ3n) is 2.93. The molecule has 0 saturated carbocycles. The van der Waals surface area contributed by atoms with Gasteiger partial charge in [0.15, 0.2) is 0 Å². The average Bonchev–Trinajstić information content (AvgIpc) is 2.54. The second-order valence-electron chi connectivity index (χ2n) is 4.74. The number of carboxylic acids is 1. The topological polar surface area (TPSA) is 104 Å². The third-order valence-corrected chi connectivity index (χ3v) is 2.93. The lowest BCUT2D eigenvalue weighted by molar-refractivity contribution is -0.140. The first-order valence-electron chi connectivity index (χ1n) is 6.71. The number of amides is 1. The van der Waals surface area contributed by atoms with Crippen LogP contribution in [0.2, 0.25) is 0 Å². The van der Waals surface area contributed by atoms with Crippen molar-refractivity contribution in [3.05, 3.63) is 48.3 Å². The molecule has 0 bridgehead atoms. The molecule has 7 heteroatoms. The standard InChI is InChI=1S/C15H16N4O3/c1-10(14(21)22)7-16-13(20)11-8-17-15(18-9-11)19-12-5-3-2-4-6-12/h2-6,8-10H,7H2,1H3,(H,16,20)(H,21,22)(H,17,18,19)/t10-/m0/s1. The molecule has 0 radical (unpaired) electrons. The number of nitrogens with zero attached hydrogens (tertiary/aromatic N) is 2. The van der Waals surface area contributed by atoms with Crippen LogP contribution in [0.4, 0.5) is 11.6 Å². The number of nitrogens with one attached hydrogen (secondary N) is 2. The number of carbonyl (C=O) groups excluding carboxylic acids is 1. The van der Waals surface area contributed by atoms with Crippen LogP contribution >= 0.6 is 0 Å². The lowest BCUT2D eigenvalue weighted by Gasteiger charge is -2.08. The highest BCUT2D eigenvalue weighted by atomic mass is 16.4. The van der Waals surface area contributed by atoms with E-state index in [0.29, 0.717) is 5.95 Å². The summed E-state index contributed by atoms with van der Waals surface area (Å²) in [5.74, 6) is -1.64. The van der Waals surface area contributed by atoms with E-state index >= 15 is 0 Å². The number of aliphatic carboxylic acids is 1. The Kier molecular flexibility index (Phi) is 5.02. The van der Waals surface area contributed by atoms with Crippen molar-refractivity contribution in [2.24, 2.45) is 5.92 Å². The molecule has 0 saturated heterocycles. The molecule has 22 heavy (non-hydrogen) atoms. The summed E-state index contributed by atoms with van der Waals surface area (Å²) in [6.07, 6.45) is 2.78. The van der Waals surface area contributed by atoms with Crippen LogP contribution in [0.5, 0.6) is 0 Å². The first kappa shape index (κ1) is 15.4. The van der Waals surface area contributed by atoms with Gasteiger partial charge in [0.2, 0.25) is 5.95 Å². The summed E-state index contributed by atoms with van der Waals surface area (Å²) in [6.45, 7) is 1.57. The van der Waals surface area contributed by atoms with Crippen LogP contribution in [0.25, 0.3) is 0 Å². The Labute approximate surface area is 127 Å². The zero-order valence-electron chi connectivity index (χ0n) is 12.0. The van der Waals surface area contributed by atoms with E-state index in [1.165, 1.54) is 19.3 Å². The summed E-state index contributed by atoms with van der Waals surface area (Å²) >= 11 is 0. The van der Waals surface area contributed by atoms with Gasteiger partial charge in [-0.3, -0.25) is 9.59 Å². The van der Waals surface area contributed by atoms with Gasteiger partial charge in [0.05, 0.1) is 11.5 Å². The number of hydrogen-bond acceptors (Lipinski definition) is 5. The van der Waals surface area contributed by atoms with Crippen LogP contribution < -0.4 is 10.6 Å². The van der Waals surface area contributed by atoms with Gasteiger partial charge in [-0.15, -0.1) is 0 Å². The summed E-state index contributed by atoms with van der Waals surface area (Å²) < 4.78 is 0. The van der Waals surface area contributed by atoms with Crippen LogP contribution in [0, 0.1) is 5.92 Å². The molecule has 114 valence electrons. The quantitative estimate of drug-likeness (QED) is 0.749. The van der Waals surface area contributed by atoms with Crippen LogP contribution in [-0.4, -0.2) is 33.5 Å². The van der Waals surface area contributed by atoms with E-state index in [1.807, 2.05) is 30.3 Å². The Hall–Kier alpha value is -2.96. The fourth-order valence-corrected chi connectivity index (χ4v) is 1.60. The number of hydrogen-bond donors (Lipinski definition) is 3. The maximum Gasteiger partial charge on any atom is 0.308 e. The monoisotopic (exact) mass is 300 g/mol. The molecular weight excluding hydrogens is 284 g/mol. The maximum absolute atomic E-state index is 11.8. The zero-order valence-corrected chi connectivity index (χ0v) is 12.0. The van der Waals surface area contributed by atoms with Crippen LogP contribution in [0.3, 0.4) is 0 Å². The summed E-state index contributed by atoms with van der Waals surface area (Å²) in [5, 5.41) is 14.3. The lowest BCUT2D eigenvalue weighted by atomic mass is 10.2. The summed E-state index contributed by atoms with van der Waals surface area (Å²) in [6, 6.07) is 9.41. The van der Waals surface area contributed by atoms with Gasteiger partial charge in [0.25, 0.3) is 5.91 Å². The number of anilines is 2. The number of carboxylic acid groups (broad SMARTS) is 1. The van der Waals surface area contributed by atoms with E-state index in [2.05, 4.69) is 20.6 Å². The van der Waals surface area contributed by atoms with E-state index < -0.39 is 17.8 Å². The van der Waals surface area contributed by atoms with Gasteiger partial charge in [-0.2, -0.15) is 0 Å². The first-order chi connectivity index (χ1) is 10.6. The van der Waals surface area contributed by atoms with Crippen molar-refractivity contribution >= 4 is 23.5 Å². The van der Waals surface area contributed by atoms with Crippen molar-refractivity contribution in [2.45, 2.75) is 6.92 Å². The fraction of sp³-hybridized carbons (Fsp3) is 0.200. The molecule has 0 spiro atoms. The van der Waals surface area contributed by atoms with Crippen molar-refractivity contribution in [3.63, 3.8) is 0 Å². The van der Waals surface area contributed by atoms with Crippen molar-refractivity contribution in [1.82, 2.24) is 15.3 Å². The Morgan fingerprint density at radius 1 is 1.18 bits per heavy atom. The van der Waals surface area contributed by atoms with Crippen LogP contribution in [-0.2, 0) is 4.79 Å². The van der Waals surface area contributed by atoms with E-state index in [0.717, 1.165) is 5.69 Å². The molecular formula is C15H16N4O3. The molecule has 0 aliphatic carbocycles. The Bertz CT molecular complexity index is 644. The van der Waals surface area contributed by atoms with E-state index in [9.17, 15) is 9.59 Å². The van der Waals surface area contributed by atoms with Gasteiger partial charge < -0.3 is 15.7 Å². The smallest absolute Gasteiger partial charge is 0.308 e. The molecule has 2 rings (SSSR count). The Morgan fingerprint density at radius 3 is 2.41 bits per heavy atom. The average molecular weight is 300 g/mol. The number of carbonyl (C=O) groups is 2. The molecule has 1 amide bonds. The first-order valence-corrected chi connectivity index (χ1v) is 6.71. The van der Waals surface area contributed by atoms with Gasteiger partial charge in [-0.05, 0) is 12.1 Å². The minimum atomic E-state index is -0.959. The molecule has 0 unspecified atom stereocenters. The van der Waals surface area contributed by atoms with Crippen molar-refractivity contribution in [1.29, 1.82) is 0 Å². The summed E-state index contributed by atoms with van der Waals surface area (Å²) in [4.78, 5) is 30.6. The van der Waals surface area contributed by atoms with Crippen molar-refractivity contribution in [2.75, 3.05) is 11.9 Å². The molecule has 0 fully saturated rings. The fourth-order valence-electron chi connectivity index (χ4n) is 1.60. The predicted molar refractivity (Wildman–Crippen MR) is 80.9 cm³/mol. The van der Waals surface area contributed by atoms with Gasteiger partial charge in [-0.1, -0.05) is 25.1 Å². The third kappa shape index (κ3) is 4.27. The van der Waals surface area contributed by atoms with Crippen molar-refractivity contribution < 1.29 is 14.7 Å². The van der Waals surface area contributed by atoms with Crippen LogP contribution in [0.1, 0.15) is 17.3 Å². The number of aromatic nitrogens is 2. The second-order valence-corrected chi connectivity index (χ2v) is 4.74. The molecule has 1 heterocycles. The molecule has 0 aliphatic rings. The lowest BCUT2D eigenvalue weighted by Crippen LogP contribution is -2.31. The molecule has 3 N–H and O–H groups in total. The molecule has 1 aromatic heterocycles. The summed E-state index contributed by atoms with van der Waals surface area (Å²) in [7, 11) is 0. The minimum Gasteiger partial charge on any atom is -0.481 e. The molecule has 7 nitrogen and oxygen atoms in total. The Balaban J connectivity index is 1.94. The highest BCUT2D eigenvalue weighted by molar-refractivity contribution is 5.93. The van der Waals surface area contributed by atoms with E-state index in [4.69, 9.17) is 5.11 Å².